The first-order valence-corrected chi connectivity index (χ1v) is 5.67. The molecule has 89 valence electrons. The maximum atomic E-state index is 5.32. The average molecular weight is 229 g/mol. The van der Waals surface area contributed by atoms with Gasteiger partial charge >= 0.3 is 0 Å². The summed E-state index contributed by atoms with van der Waals surface area (Å²) in [4.78, 5) is 0. The summed E-state index contributed by atoms with van der Waals surface area (Å²) in [6, 6.07) is 10.3. The number of rotatable bonds is 4. The van der Waals surface area contributed by atoms with Crippen molar-refractivity contribution in [3.63, 3.8) is 0 Å². The molecule has 1 radical (unpaired) electrons. The lowest BCUT2D eigenvalue weighted by Gasteiger charge is -2.27. The fourth-order valence-corrected chi connectivity index (χ4v) is 1.86. The van der Waals surface area contributed by atoms with Gasteiger partial charge in [-0.25, -0.2) is 0 Å². The van der Waals surface area contributed by atoms with E-state index in [1.54, 1.807) is 14.2 Å². The molecule has 0 fully saturated rings. The molecule has 0 saturated carbocycles. The lowest BCUT2D eigenvalue weighted by Crippen LogP contribution is -2.30. The van der Waals surface area contributed by atoms with E-state index in [0.29, 0.717) is 0 Å². The molecule has 17 heavy (non-hydrogen) atoms. The zero-order chi connectivity index (χ0) is 12.1. The van der Waals surface area contributed by atoms with Crippen molar-refractivity contribution in [1.82, 2.24) is 0 Å². The van der Waals surface area contributed by atoms with Crippen molar-refractivity contribution in [1.29, 1.82) is 0 Å². The van der Waals surface area contributed by atoms with Gasteiger partial charge < -0.3 is 9.47 Å². The quantitative estimate of drug-likeness (QED) is 0.583. The Morgan fingerprint density at radius 2 is 1.59 bits per heavy atom. The van der Waals surface area contributed by atoms with Crippen molar-refractivity contribution >= 4 is 0 Å². The van der Waals surface area contributed by atoms with Crippen LogP contribution in [0.25, 0.3) is 0 Å². The van der Waals surface area contributed by atoms with Gasteiger partial charge in [0.1, 0.15) is 0 Å². The molecule has 2 heteroatoms. The summed E-state index contributed by atoms with van der Waals surface area (Å²) in [6.45, 7) is 0. The van der Waals surface area contributed by atoms with Crippen LogP contribution >= 0.6 is 0 Å². The van der Waals surface area contributed by atoms with E-state index < -0.39 is 5.79 Å². The van der Waals surface area contributed by atoms with Crippen LogP contribution in [0.3, 0.4) is 0 Å². The molecule has 0 aromatic heterocycles. The number of benzene rings is 1. The van der Waals surface area contributed by atoms with Crippen LogP contribution in [0.2, 0.25) is 0 Å². The van der Waals surface area contributed by atoms with Gasteiger partial charge in [-0.2, -0.15) is 0 Å². The lowest BCUT2D eigenvalue weighted by molar-refractivity contribution is -0.134. The fraction of sp³-hybridized carbons (Fsp3) is 0.267. The Labute approximate surface area is 103 Å². The molecule has 0 amide bonds. The molecule has 0 saturated heterocycles. The third kappa shape index (κ3) is 2.84. The standard InChI is InChI=1S/C15H17O2/c1-16-15(17-2)10-8-14(9-11-15)12-13-6-4-3-5-7-13/h3-12,14H,1-2H3. The summed E-state index contributed by atoms with van der Waals surface area (Å²) in [5.41, 5.74) is 1.22. The van der Waals surface area contributed by atoms with Crippen LogP contribution in [0.15, 0.2) is 54.6 Å². The van der Waals surface area contributed by atoms with Crippen LogP contribution in [0.5, 0.6) is 0 Å². The molecule has 1 aromatic rings. The molecular formula is C15H17O2. The number of methoxy groups -OCH3 is 2. The van der Waals surface area contributed by atoms with Gasteiger partial charge in [-0.1, -0.05) is 42.5 Å². The van der Waals surface area contributed by atoms with Crippen molar-refractivity contribution in [3.05, 3.63) is 66.6 Å². The number of hydrogen-bond donors (Lipinski definition) is 0. The molecule has 2 rings (SSSR count). The summed E-state index contributed by atoms with van der Waals surface area (Å²) in [6.07, 6.45) is 10.2. The van der Waals surface area contributed by atoms with Gasteiger partial charge in [-0.3, -0.25) is 0 Å². The molecular weight excluding hydrogens is 212 g/mol. The highest BCUT2D eigenvalue weighted by Crippen LogP contribution is 2.25. The van der Waals surface area contributed by atoms with Gasteiger partial charge in [0.15, 0.2) is 0 Å². The second-order valence-corrected chi connectivity index (χ2v) is 4.00. The van der Waals surface area contributed by atoms with Gasteiger partial charge in [-0.15, -0.1) is 0 Å². The van der Waals surface area contributed by atoms with Crippen LogP contribution < -0.4 is 0 Å². The van der Waals surface area contributed by atoms with Crippen LogP contribution in [-0.2, 0) is 9.47 Å². The Bertz CT molecular complexity index is 386. The maximum absolute atomic E-state index is 5.32. The van der Waals surface area contributed by atoms with E-state index in [0.717, 1.165) is 0 Å². The first-order chi connectivity index (χ1) is 8.28. The van der Waals surface area contributed by atoms with E-state index in [9.17, 15) is 0 Å². The molecule has 0 unspecified atom stereocenters. The predicted octanol–water partition coefficient (Wildman–Crippen LogP) is 2.97. The van der Waals surface area contributed by atoms with E-state index in [-0.39, 0.29) is 5.92 Å². The molecule has 0 N–H and O–H groups in total. The normalized spacial score (nSPS) is 18.5. The molecule has 1 aliphatic carbocycles. The van der Waals surface area contributed by atoms with Gasteiger partial charge in [0, 0.05) is 26.6 Å². The molecule has 1 aromatic carbocycles. The number of ether oxygens (including phenoxy) is 2. The SMILES string of the molecule is COC1(OC)C=CC([CH]c2ccccc2)C=C1. The van der Waals surface area contributed by atoms with Crippen LogP contribution in [0.1, 0.15) is 5.56 Å². The Hall–Kier alpha value is -1.38. The number of hydrogen-bond acceptors (Lipinski definition) is 2. The minimum Gasteiger partial charge on any atom is -0.346 e. The first-order valence-electron chi connectivity index (χ1n) is 5.67. The van der Waals surface area contributed by atoms with Crippen molar-refractivity contribution < 1.29 is 9.47 Å². The largest absolute Gasteiger partial charge is 0.346 e. The van der Waals surface area contributed by atoms with Gasteiger partial charge in [-0.05, 0) is 17.7 Å². The van der Waals surface area contributed by atoms with E-state index in [4.69, 9.17) is 9.47 Å². The molecule has 0 bridgehead atoms. The molecule has 2 nitrogen and oxygen atoms in total. The zero-order valence-corrected chi connectivity index (χ0v) is 10.2. The van der Waals surface area contributed by atoms with Gasteiger partial charge in [0.2, 0.25) is 5.79 Å². The maximum Gasteiger partial charge on any atom is 0.207 e. The summed E-state index contributed by atoms with van der Waals surface area (Å²) in [5, 5.41) is 0. The van der Waals surface area contributed by atoms with Crippen molar-refractivity contribution in [3.8, 4) is 0 Å². The van der Waals surface area contributed by atoms with E-state index >= 15 is 0 Å². The number of allylic oxidation sites excluding steroid dienone is 2. The van der Waals surface area contributed by atoms with Crippen molar-refractivity contribution in [2.24, 2.45) is 5.92 Å². The average Bonchev–Trinajstić information content (AvgIpc) is 2.41. The smallest absolute Gasteiger partial charge is 0.207 e. The van der Waals surface area contributed by atoms with Gasteiger partial charge in [0.05, 0.1) is 0 Å². The van der Waals surface area contributed by atoms with Crippen molar-refractivity contribution in [2.75, 3.05) is 14.2 Å². The Morgan fingerprint density at radius 1 is 1.00 bits per heavy atom. The monoisotopic (exact) mass is 229 g/mol. The lowest BCUT2D eigenvalue weighted by atomic mass is 9.93. The summed E-state index contributed by atoms with van der Waals surface area (Å²) in [7, 11) is 3.28. The fourth-order valence-electron chi connectivity index (χ4n) is 1.86. The summed E-state index contributed by atoms with van der Waals surface area (Å²) >= 11 is 0. The highest BCUT2D eigenvalue weighted by Gasteiger charge is 2.25. The van der Waals surface area contributed by atoms with E-state index in [2.05, 4.69) is 30.7 Å². The Morgan fingerprint density at radius 3 is 2.12 bits per heavy atom. The van der Waals surface area contributed by atoms with E-state index in [1.165, 1.54) is 5.56 Å². The minimum absolute atomic E-state index is 0.288. The minimum atomic E-state index is -0.693. The second-order valence-electron chi connectivity index (χ2n) is 4.00. The zero-order valence-electron chi connectivity index (χ0n) is 10.2. The molecule has 0 atom stereocenters. The molecule has 1 aliphatic rings. The first kappa shape index (κ1) is 12.1. The highest BCUT2D eigenvalue weighted by atomic mass is 16.7. The topological polar surface area (TPSA) is 18.5 Å². The van der Waals surface area contributed by atoms with Crippen LogP contribution in [-0.4, -0.2) is 20.0 Å². The molecule has 0 heterocycles. The second kappa shape index (κ2) is 5.30. The summed E-state index contributed by atoms with van der Waals surface area (Å²) < 4.78 is 10.6. The van der Waals surface area contributed by atoms with E-state index in [1.807, 2.05) is 30.4 Å². The Balaban J connectivity index is 2.02. The predicted molar refractivity (Wildman–Crippen MR) is 68.4 cm³/mol. The highest BCUT2D eigenvalue weighted by molar-refractivity contribution is 5.31. The molecule has 0 spiro atoms. The third-order valence-electron chi connectivity index (χ3n) is 2.92. The third-order valence-corrected chi connectivity index (χ3v) is 2.92. The van der Waals surface area contributed by atoms with Crippen molar-refractivity contribution in [2.45, 2.75) is 5.79 Å². The summed E-state index contributed by atoms with van der Waals surface area (Å²) in [5.74, 6) is -0.406. The van der Waals surface area contributed by atoms with Gasteiger partial charge in [0.25, 0.3) is 0 Å². The Kier molecular flexibility index (Phi) is 3.77. The van der Waals surface area contributed by atoms with Crippen LogP contribution in [0, 0.1) is 12.3 Å². The van der Waals surface area contributed by atoms with Crippen LogP contribution in [0.4, 0.5) is 0 Å². The molecule has 0 aliphatic heterocycles.